The summed E-state index contributed by atoms with van der Waals surface area (Å²) < 4.78 is 0. The summed E-state index contributed by atoms with van der Waals surface area (Å²) in [5, 5.41) is 38.7. The molecule has 0 bridgehead atoms. The van der Waals surface area contributed by atoms with Gasteiger partial charge in [0.15, 0.2) is 0 Å². The molecule has 0 N–H and O–H groups in total. The van der Waals surface area contributed by atoms with Crippen molar-refractivity contribution < 1.29 is 109 Å². The van der Waals surface area contributed by atoms with E-state index in [2.05, 4.69) is 389 Å². The Labute approximate surface area is 712 Å². The zero-order valence-corrected chi connectivity index (χ0v) is 69.9. The van der Waals surface area contributed by atoms with Gasteiger partial charge in [-0.25, -0.2) is 0 Å². The minimum Gasteiger partial charge on any atom is -0.778 e. The number of rotatable bonds is 16. The number of halogens is 2. The van der Waals surface area contributed by atoms with Gasteiger partial charge >= 0.3 is 89.5 Å². The first-order chi connectivity index (χ1) is 50.0. The second kappa shape index (κ2) is 50.8. The molecule has 0 radical (unpaired) electrons. The fourth-order valence-electron chi connectivity index (χ4n) is 10.8. The summed E-state index contributed by atoms with van der Waals surface area (Å²) in [6, 6.07) is 144. The first-order valence-electron chi connectivity index (χ1n) is 32.8. The molecule has 14 aromatic rings. The van der Waals surface area contributed by atoms with Crippen molar-refractivity contribution in [3.05, 3.63) is 443 Å². The molecule has 0 aliphatic heterocycles. The van der Waals surface area contributed by atoms with Crippen molar-refractivity contribution in [2.75, 3.05) is 0 Å². The molecule has 106 heavy (non-hydrogen) atoms. The number of hydrogen-bond donors (Lipinski definition) is 0. The summed E-state index contributed by atoms with van der Waals surface area (Å²) >= 11 is 20.6. The molecule has 4 nitrogen and oxygen atoms in total. The predicted molar refractivity (Wildman–Crippen MR) is 450 cm³/mol. The maximum atomic E-state index is 10.3. The SMILES string of the molecule is O=C([O-])/C([S-])=C/c1ccccc1Cl.O=C([O-])/C([S-])=C/c1ccccc1Cl.[Ag+].[Ag+].[Ag+].[Ag+].c1ccc([PH+](c2ccccc2)c2ccccc2)cc1.c1ccc([PH+](c2ccccc2)c2ccccc2)cc1.c1ccc([PH+](c2ccccc2)c2ccccc2)cc1.c1ccc([PH+](c2ccccc2)c2ccccc2)cc1. The molecule has 0 unspecified atom stereocenters. The molecular formula is C90H74Ag4Cl2O4P4S2+4. The van der Waals surface area contributed by atoms with Crippen LogP contribution in [0.1, 0.15) is 11.1 Å². The number of carbonyl (C=O) groups excluding carboxylic acids is 2. The number of benzene rings is 14. The first-order valence-corrected chi connectivity index (χ1v) is 40.4. The molecule has 14 aromatic carbocycles. The molecule has 0 spiro atoms. The Morgan fingerprint density at radius 3 is 0.443 bits per heavy atom. The molecule has 0 aromatic heterocycles. The molecule has 0 amide bonds. The van der Waals surface area contributed by atoms with Gasteiger partial charge in [-0.1, -0.05) is 290 Å². The van der Waals surface area contributed by atoms with Crippen LogP contribution in [0, 0.1) is 0 Å². The Hall–Kier alpha value is -6.80. The van der Waals surface area contributed by atoms with Gasteiger partial charge in [-0.15, -0.1) is 0 Å². The van der Waals surface area contributed by atoms with Gasteiger partial charge in [0, 0.05) is 22.0 Å². The van der Waals surface area contributed by atoms with Crippen molar-refractivity contribution in [2.24, 2.45) is 0 Å². The molecule has 0 heterocycles. The molecular weight excluding hydrogens is 1840 g/mol. The quantitative estimate of drug-likeness (QED) is 0.0415. The average molecular weight is 1910 g/mol. The molecule has 14 rings (SSSR count). The van der Waals surface area contributed by atoms with E-state index in [9.17, 15) is 19.8 Å². The van der Waals surface area contributed by atoms with Gasteiger partial charge in [0.25, 0.3) is 0 Å². The number of carbonyl (C=O) groups is 2. The van der Waals surface area contributed by atoms with Gasteiger partial charge in [0.1, 0.15) is 63.7 Å². The second-order valence-corrected chi connectivity index (χ2v) is 34.1. The van der Waals surface area contributed by atoms with E-state index in [-0.39, 0.29) is 99.3 Å². The average Bonchev–Trinajstić information content (AvgIpc) is 0.842. The third-order valence-corrected chi connectivity index (χ3v) is 27.7. The van der Waals surface area contributed by atoms with E-state index in [0.29, 0.717) is 21.2 Å². The van der Waals surface area contributed by atoms with E-state index < -0.39 is 43.6 Å². The van der Waals surface area contributed by atoms with Gasteiger partial charge in [-0.2, -0.15) is 9.81 Å². The molecule has 0 fully saturated rings. The van der Waals surface area contributed by atoms with Gasteiger partial charge in [0.05, 0.1) is 31.7 Å². The molecule has 0 atom stereocenters. The van der Waals surface area contributed by atoms with E-state index in [0.717, 1.165) is 0 Å². The zero-order chi connectivity index (χ0) is 71.4. The number of carboxylic acids is 2. The molecule has 0 saturated heterocycles. The van der Waals surface area contributed by atoms with Crippen LogP contribution in [-0.2, 0) is 124 Å². The first kappa shape index (κ1) is 89.8. The fraction of sp³-hybridized carbons (Fsp3) is 0. The predicted octanol–water partition coefficient (Wildman–Crippen LogP) is 14.7. The minimum absolute atomic E-state index is 0. The zero-order valence-electron chi connectivity index (χ0n) is 56.8. The van der Waals surface area contributed by atoms with Gasteiger partial charge in [-0.05, 0) is 169 Å². The summed E-state index contributed by atoms with van der Waals surface area (Å²) in [7, 11) is -3.51. The Morgan fingerprint density at radius 1 is 0.217 bits per heavy atom. The van der Waals surface area contributed by atoms with E-state index in [1.54, 1.807) is 48.5 Å². The van der Waals surface area contributed by atoms with Crippen LogP contribution in [0.2, 0.25) is 10.0 Å². The Bertz CT molecular complexity index is 3890. The van der Waals surface area contributed by atoms with E-state index in [1.165, 1.54) is 75.8 Å². The summed E-state index contributed by atoms with van der Waals surface area (Å²) in [5.41, 5.74) is 1.16. The van der Waals surface area contributed by atoms with Crippen molar-refractivity contribution >= 4 is 168 Å². The van der Waals surface area contributed by atoms with E-state index in [4.69, 9.17) is 23.2 Å². The number of carboxylic acid groups (broad SMARTS) is 2. The van der Waals surface area contributed by atoms with Crippen LogP contribution in [0.25, 0.3) is 12.2 Å². The van der Waals surface area contributed by atoms with Crippen LogP contribution in [0.4, 0.5) is 0 Å². The van der Waals surface area contributed by atoms with Crippen LogP contribution in [-0.4, -0.2) is 11.9 Å². The standard InChI is InChI=1S/4C18H15P.2C9H7ClO2S.4Ag/c4*1-4-10-16(11-5-1)19(17-12-6-2-7-13-17)18-14-8-3-9-15-18;2*10-7-4-2-1-3-6(7)5-8(13)9(11)12;;;;/h4*1-15H;2*1-5,13H,(H,11,12);;;;/q;;;;;;4*+1/b;;;;2*8-5-;;;;. The van der Waals surface area contributed by atoms with Crippen molar-refractivity contribution in [1.82, 2.24) is 0 Å². The van der Waals surface area contributed by atoms with Crippen molar-refractivity contribution in [1.29, 1.82) is 0 Å². The number of hydrogen-bond acceptors (Lipinski definition) is 6. The van der Waals surface area contributed by atoms with Crippen LogP contribution in [0.5, 0.6) is 0 Å². The summed E-state index contributed by atoms with van der Waals surface area (Å²) in [4.78, 5) is 20.1. The minimum atomic E-state index is -1.37. The third-order valence-electron chi connectivity index (χ3n) is 15.5. The summed E-state index contributed by atoms with van der Waals surface area (Å²) in [6.07, 6.45) is 2.60. The molecule has 544 valence electrons. The van der Waals surface area contributed by atoms with Crippen molar-refractivity contribution in [2.45, 2.75) is 0 Å². The summed E-state index contributed by atoms with van der Waals surface area (Å²) in [5.74, 6) is -2.73. The van der Waals surface area contributed by atoms with Gasteiger partial charge < -0.3 is 45.1 Å². The molecule has 16 heteroatoms. The Kier molecular flexibility index (Phi) is 43.0. The van der Waals surface area contributed by atoms with Crippen LogP contribution < -0.4 is 73.9 Å². The van der Waals surface area contributed by atoms with Crippen LogP contribution in [0.3, 0.4) is 0 Å². The number of aliphatic carboxylic acids is 2. The molecule has 0 saturated carbocycles. The molecule has 0 aliphatic rings. The van der Waals surface area contributed by atoms with Crippen molar-refractivity contribution in [3.63, 3.8) is 0 Å². The van der Waals surface area contributed by atoms with E-state index in [1.807, 2.05) is 0 Å². The smallest absolute Gasteiger partial charge is 0.778 e. The fourth-order valence-corrected chi connectivity index (χ4v) is 21.8. The maximum Gasteiger partial charge on any atom is 1.00 e. The van der Waals surface area contributed by atoms with Crippen LogP contribution in [0.15, 0.2) is 422 Å². The van der Waals surface area contributed by atoms with E-state index >= 15 is 0 Å². The second-order valence-electron chi connectivity index (χ2n) is 22.5. The largest absolute Gasteiger partial charge is 1.00 e. The Balaban J connectivity index is 0.000000228. The normalized spacial score (nSPS) is 10.4. The topological polar surface area (TPSA) is 80.3 Å². The van der Waals surface area contributed by atoms with Gasteiger partial charge in [-0.3, -0.25) is 0 Å². The maximum absolute atomic E-state index is 10.3. The van der Waals surface area contributed by atoms with Crippen LogP contribution >= 0.6 is 54.9 Å². The van der Waals surface area contributed by atoms with Crippen molar-refractivity contribution in [3.8, 4) is 0 Å². The third kappa shape index (κ3) is 29.3. The Morgan fingerprint density at radius 2 is 0.330 bits per heavy atom. The van der Waals surface area contributed by atoms with Gasteiger partial charge in [0.2, 0.25) is 0 Å². The molecule has 0 aliphatic carbocycles. The monoisotopic (exact) mass is 1900 g/mol. The summed E-state index contributed by atoms with van der Waals surface area (Å²) in [6.45, 7) is 0.